The van der Waals surface area contributed by atoms with Crippen molar-refractivity contribution >= 4 is 17.2 Å². The summed E-state index contributed by atoms with van der Waals surface area (Å²) in [5.74, 6) is -0.0785. The Morgan fingerprint density at radius 2 is 1.87 bits per heavy atom. The average molecular weight is 431 g/mol. The molecule has 3 aromatic heterocycles. The molecule has 4 rings (SSSR count). The van der Waals surface area contributed by atoms with Crippen LogP contribution in [0.3, 0.4) is 0 Å². The van der Waals surface area contributed by atoms with Crippen molar-refractivity contribution in [3.63, 3.8) is 0 Å². The third-order valence-corrected chi connectivity index (χ3v) is 6.62. The molecule has 0 fully saturated rings. The summed E-state index contributed by atoms with van der Waals surface area (Å²) in [7, 11) is 0. The Morgan fingerprint density at radius 3 is 2.58 bits per heavy atom. The van der Waals surface area contributed by atoms with Crippen molar-refractivity contribution in [3.05, 3.63) is 93.8 Å². The normalized spacial score (nSPS) is 13.0. The highest BCUT2D eigenvalue weighted by molar-refractivity contribution is 7.10. The van der Waals surface area contributed by atoms with Crippen LogP contribution in [0.2, 0.25) is 0 Å². The predicted octanol–water partition coefficient (Wildman–Crippen LogP) is 5.72. The Labute approximate surface area is 186 Å². The number of carbonyl (C=O) groups excluding carboxylic acids is 1. The number of pyridine rings is 1. The van der Waals surface area contributed by atoms with E-state index in [1.165, 1.54) is 5.56 Å². The molecule has 1 aromatic carbocycles. The van der Waals surface area contributed by atoms with Gasteiger partial charge in [0.2, 0.25) is 0 Å². The summed E-state index contributed by atoms with van der Waals surface area (Å²) in [4.78, 5) is 21.9. The van der Waals surface area contributed by atoms with Gasteiger partial charge in [-0.1, -0.05) is 30.3 Å². The van der Waals surface area contributed by atoms with Crippen LogP contribution in [0.25, 0.3) is 11.3 Å². The van der Waals surface area contributed by atoms with Crippen LogP contribution in [0.4, 0.5) is 0 Å². The molecule has 2 atom stereocenters. The second-order valence-corrected chi connectivity index (χ2v) is 8.64. The minimum absolute atomic E-state index is 0.0785. The van der Waals surface area contributed by atoms with Crippen molar-refractivity contribution in [2.75, 3.05) is 0 Å². The summed E-state index contributed by atoms with van der Waals surface area (Å²) in [6, 6.07) is 16.2. The highest BCUT2D eigenvalue weighted by Gasteiger charge is 2.22. The monoisotopic (exact) mass is 430 g/mol. The topological polar surface area (TPSA) is 59.8 Å². The van der Waals surface area contributed by atoms with Crippen LogP contribution >= 0.6 is 11.3 Å². The molecule has 0 spiro atoms. The lowest BCUT2D eigenvalue weighted by Crippen LogP contribution is -2.27. The maximum Gasteiger partial charge on any atom is 0.253 e. The van der Waals surface area contributed by atoms with Crippen LogP contribution in [-0.4, -0.2) is 20.4 Å². The lowest BCUT2D eigenvalue weighted by atomic mass is 10.1. The first-order chi connectivity index (χ1) is 15.0. The number of thiazole rings is 1. The molecule has 1 N–H and O–H groups in total. The molecule has 3 heterocycles. The van der Waals surface area contributed by atoms with Gasteiger partial charge in [-0.05, 0) is 51.5 Å². The van der Waals surface area contributed by atoms with Crippen molar-refractivity contribution in [1.29, 1.82) is 0 Å². The van der Waals surface area contributed by atoms with Crippen molar-refractivity contribution in [3.8, 4) is 11.3 Å². The predicted molar refractivity (Wildman–Crippen MR) is 125 cm³/mol. The molecule has 0 radical (unpaired) electrons. The first kappa shape index (κ1) is 21.0. The zero-order valence-corrected chi connectivity index (χ0v) is 19.0. The van der Waals surface area contributed by atoms with Gasteiger partial charge in [-0.25, -0.2) is 4.98 Å². The molecule has 0 bridgehead atoms. The van der Waals surface area contributed by atoms with Gasteiger partial charge >= 0.3 is 0 Å². The second kappa shape index (κ2) is 8.86. The number of carbonyl (C=O) groups is 1. The Balaban J connectivity index is 1.52. The second-order valence-electron chi connectivity index (χ2n) is 7.75. The van der Waals surface area contributed by atoms with Crippen LogP contribution in [-0.2, 0) is 0 Å². The van der Waals surface area contributed by atoms with Crippen LogP contribution in [0.5, 0.6) is 0 Å². The summed E-state index contributed by atoms with van der Waals surface area (Å²) >= 11 is 1.55. The Hall–Kier alpha value is -3.25. The van der Waals surface area contributed by atoms with Gasteiger partial charge in [0.05, 0.1) is 23.3 Å². The number of hydrogen-bond acceptors (Lipinski definition) is 4. The van der Waals surface area contributed by atoms with E-state index in [-0.39, 0.29) is 18.0 Å². The molecule has 31 heavy (non-hydrogen) atoms. The summed E-state index contributed by atoms with van der Waals surface area (Å²) in [6.45, 7) is 8.19. The number of aryl methyl sites for hydroxylation is 1. The van der Waals surface area contributed by atoms with Gasteiger partial charge in [-0.3, -0.25) is 9.78 Å². The summed E-state index contributed by atoms with van der Waals surface area (Å²) in [6.07, 6.45) is 3.54. The number of rotatable bonds is 6. The molecule has 0 aliphatic rings. The lowest BCUT2D eigenvalue weighted by molar-refractivity contribution is 0.0939. The van der Waals surface area contributed by atoms with Crippen LogP contribution in [0.15, 0.2) is 66.3 Å². The number of hydrogen-bond donors (Lipinski definition) is 1. The van der Waals surface area contributed by atoms with Crippen molar-refractivity contribution in [2.24, 2.45) is 0 Å². The molecule has 2 unspecified atom stereocenters. The first-order valence-corrected chi connectivity index (χ1v) is 11.2. The number of nitrogens with zero attached hydrogens (tertiary/aromatic N) is 3. The number of amides is 1. The number of nitrogens with one attached hydrogen (secondary N) is 1. The van der Waals surface area contributed by atoms with Crippen LogP contribution < -0.4 is 5.32 Å². The Kier molecular flexibility index (Phi) is 6.00. The minimum Gasteiger partial charge on any atom is -0.343 e. The zero-order chi connectivity index (χ0) is 22.0. The van der Waals surface area contributed by atoms with E-state index in [1.807, 2.05) is 62.5 Å². The largest absolute Gasteiger partial charge is 0.343 e. The van der Waals surface area contributed by atoms with E-state index in [0.717, 1.165) is 27.7 Å². The van der Waals surface area contributed by atoms with Crippen molar-refractivity contribution in [1.82, 2.24) is 19.9 Å². The fraction of sp³-hybridized carbons (Fsp3) is 0.240. The van der Waals surface area contributed by atoms with Gasteiger partial charge < -0.3 is 9.88 Å². The fourth-order valence-corrected chi connectivity index (χ4v) is 4.79. The van der Waals surface area contributed by atoms with Gasteiger partial charge in [0.15, 0.2) is 0 Å². The minimum atomic E-state index is -0.183. The molecular weight excluding hydrogens is 404 g/mol. The van der Waals surface area contributed by atoms with E-state index < -0.39 is 0 Å². The molecule has 4 aromatic rings. The SMILES string of the molecule is Cc1cc(C(=O)NC(C)c2nc(-c3cccnc3)cs2)c(C)n1C(C)c1ccccc1. The molecule has 0 saturated carbocycles. The van der Waals surface area contributed by atoms with E-state index in [4.69, 9.17) is 4.98 Å². The molecule has 1 amide bonds. The molecule has 0 saturated heterocycles. The maximum absolute atomic E-state index is 13.1. The van der Waals surface area contributed by atoms with Crippen molar-refractivity contribution < 1.29 is 4.79 Å². The van der Waals surface area contributed by atoms with Gasteiger partial charge in [0.1, 0.15) is 5.01 Å². The van der Waals surface area contributed by atoms with Gasteiger partial charge in [-0.15, -0.1) is 11.3 Å². The molecule has 0 aliphatic heterocycles. The third-order valence-electron chi connectivity index (χ3n) is 5.60. The highest BCUT2D eigenvalue weighted by atomic mass is 32.1. The fourth-order valence-electron chi connectivity index (χ4n) is 3.95. The van der Waals surface area contributed by atoms with E-state index in [9.17, 15) is 4.79 Å². The number of benzene rings is 1. The van der Waals surface area contributed by atoms with Gasteiger partial charge in [-0.2, -0.15) is 0 Å². The number of aromatic nitrogens is 3. The Bertz CT molecular complexity index is 1180. The van der Waals surface area contributed by atoms with Gasteiger partial charge in [0, 0.05) is 34.7 Å². The smallest absolute Gasteiger partial charge is 0.253 e. The molecule has 0 aliphatic carbocycles. The summed E-state index contributed by atoms with van der Waals surface area (Å²) < 4.78 is 2.22. The molecule has 158 valence electrons. The summed E-state index contributed by atoms with van der Waals surface area (Å²) in [5, 5.41) is 5.99. The molecule has 5 nitrogen and oxygen atoms in total. The highest BCUT2D eigenvalue weighted by Crippen LogP contribution is 2.27. The molecular formula is C25H26N4OS. The summed E-state index contributed by atoms with van der Waals surface area (Å²) in [5.41, 5.74) is 5.81. The van der Waals surface area contributed by atoms with E-state index >= 15 is 0 Å². The molecule has 6 heteroatoms. The lowest BCUT2D eigenvalue weighted by Gasteiger charge is -2.19. The third kappa shape index (κ3) is 4.30. The van der Waals surface area contributed by atoms with E-state index in [1.54, 1.807) is 23.7 Å². The zero-order valence-electron chi connectivity index (χ0n) is 18.2. The van der Waals surface area contributed by atoms with Gasteiger partial charge in [0.25, 0.3) is 5.91 Å². The average Bonchev–Trinajstić information content (AvgIpc) is 3.39. The van der Waals surface area contributed by atoms with Crippen LogP contribution in [0.1, 0.15) is 58.2 Å². The maximum atomic E-state index is 13.1. The Morgan fingerprint density at radius 1 is 1.10 bits per heavy atom. The van der Waals surface area contributed by atoms with E-state index in [2.05, 4.69) is 33.9 Å². The van der Waals surface area contributed by atoms with Crippen LogP contribution in [0, 0.1) is 13.8 Å². The van der Waals surface area contributed by atoms with E-state index in [0.29, 0.717) is 5.56 Å². The quantitative estimate of drug-likeness (QED) is 0.425. The first-order valence-electron chi connectivity index (χ1n) is 10.4. The van der Waals surface area contributed by atoms with Crippen molar-refractivity contribution in [2.45, 2.75) is 39.8 Å². The standard InChI is InChI=1S/C25H26N4OS/c1-16-13-22(19(4)29(16)18(3)20-9-6-5-7-10-20)24(30)27-17(2)25-28-23(15-31-25)21-11-8-12-26-14-21/h5-15,17-18H,1-4H3,(H,27,30).